The van der Waals surface area contributed by atoms with Gasteiger partial charge in [0.05, 0.1) is 17.7 Å². The molecule has 0 aliphatic carbocycles. The van der Waals surface area contributed by atoms with Gasteiger partial charge in [0.2, 0.25) is 5.88 Å². The van der Waals surface area contributed by atoms with Crippen LogP contribution in [0.25, 0.3) is 0 Å². The Kier molecular flexibility index (Phi) is 5.56. The number of anilines is 1. The Labute approximate surface area is 147 Å². The third-order valence-electron chi connectivity index (χ3n) is 3.26. The molecule has 0 saturated heterocycles. The topological polar surface area (TPSA) is 85.6 Å². The average Bonchev–Trinajstić information content (AvgIpc) is 2.84. The molecule has 24 heavy (non-hydrogen) atoms. The molecular weight excluding hydrogens is 378 g/mol. The summed E-state index contributed by atoms with van der Waals surface area (Å²) in [7, 11) is 0. The monoisotopic (exact) mass is 393 g/mol. The van der Waals surface area contributed by atoms with Gasteiger partial charge in [-0.15, -0.1) is 0 Å². The van der Waals surface area contributed by atoms with Crippen molar-refractivity contribution in [3.8, 4) is 0 Å². The molecule has 0 spiro atoms. The molecule has 6 nitrogen and oxygen atoms in total. The molecule has 0 saturated carbocycles. The fourth-order valence-electron chi connectivity index (χ4n) is 2.27. The Hall–Kier alpha value is -2.41. The van der Waals surface area contributed by atoms with E-state index in [1.165, 1.54) is 6.92 Å². The summed E-state index contributed by atoms with van der Waals surface area (Å²) in [4.78, 5) is 36.4. The molecule has 126 valence electrons. The molecule has 0 fully saturated rings. The number of hydrogen-bond acceptors (Lipinski definition) is 5. The highest BCUT2D eigenvalue weighted by Crippen LogP contribution is 2.29. The van der Waals surface area contributed by atoms with Crippen LogP contribution in [0.2, 0.25) is 0 Å². The van der Waals surface area contributed by atoms with Crippen molar-refractivity contribution in [2.24, 2.45) is 0 Å². The number of Topliss-reactive ketones (excluding diaryl/α,β-unsaturated/α-hetero) is 1. The Bertz CT molecular complexity index is 809. The van der Waals surface area contributed by atoms with Crippen LogP contribution in [0.1, 0.15) is 50.7 Å². The van der Waals surface area contributed by atoms with Gasteiger partial charge in [0.25, 0.3) is 5.91 Å². The Morgan fingerprint density at radius 2 is 1.88 bits per heavy atom. The SMILES string of the molecule is CCOC(=O)c1c(NC(=O)c2ccccc2Br)oc(C)c1C(C)=O. The summed E-state index contributed by atoms with van der Waals surface area (Å²) in [5.41, 5.74) is 0.406. The summed E-state index contributed by atoms with van der Waals surface area (Å²) in [5, 5.41) is 2.53. The number of aryl methyl sites for hydroxylation is 1. The van der Waals surface area contributed by atoms with Crippen LogP contribution in [0.4, 0.5) is 5.88 Å². The van der Waals surface area contributed by atoms with Crippen molar-refractivity contribution in [1.29, 1.82) is 0 Å². The minimum Gasteiger partial charge on any atom is -0.462 e. The Balaban J connectivity index is 2.45. The zero-order chi connectivity index (χ0) is 17.9. The van der Waals surface area contributed by atoms with Crippen molar-refractivity contribution in [3.63, 3.8) is 0 Å². The van der Waals surface area contributed by atoms with Crippen LogP contribution in [-0.4, -0.2) is 24.3 Å². The van der Waals surface area contributed by atoms with Crippen molar-refractivity contribution in [2.75, 3.05) is 11.9 Å². The molecule has 0 aliphatic heterocycles. The second-order valence-corrected chi connectivity index (χ2v) is 5.80. The van der Waals surface area contributed by atoms with E-state index in [9.17, 15) is 14.4 Å². The largest absolute Gasteiger partial charge is 0.462 e. The minimum absolute atomic E-state index is 0.0674. The van der Waals surface area contributed by atoms with E-state index in [0.717, 1.165) is 0 Å². The van der Waals surface area contributed by atoms with Crippen molar-refractivity contribution in [2.45, 2.75) is 20.8 Å². The zero-order valence-electron chi connectivity index (χ0n) is 13.4. The molecule has 1 aromatic heterocycles. The summed E-state index contributed by atoms with van der Waals surface area (Å²) in [6.45, 7) is 4.66. The normalized spacial score (nSPS) is 10.3. The Morgan fingerprint density at radius 1 is 1.21 bits per heavy atom. The summed E-state index contributed by atoms with van der Waals surface area (Å²) < 4.78 is 11.0. The molecule has 1 N–H and O–H groups in total. The summed E-state index contributed by atoms with van der Waals surface area (Å²) in [6.07, 6.45) is 0. The predicted molar refractivity (Wildman–Crippen MR) is 91.5 cm³/mol. The number of rotatable bonds is 5. The van der Waals surface area contributed by atoms with Gasteiger partial charge in [0, 0.05) is 4.47 Å². The van der Waals surface area contributed by atoms with Crippen LogP contribution >= 0.6 is 15.9 Å². The summed E-state index contributed by atoms with van der Waals surface area (Å²) in [5.74, 6) is -1.40. The van der Waals surface area contributed by atoms with E-state index in [1.807, 2.05) is 0 Å². The zero-order valence-corrected chi connectivity index (χ0v) is 15.0. The third-order valence-corrected chi connectivity index (χ3v) is 3.95. The minimum atomic E-state index is -0.720. The van der Waals surface area contributed by atoms with E-state index in [4.69, 9.17) is 9.15 Å². The number of nitrogens with one attached hydrogen (secondary N) is 1. The van der Waals surface area contributed by atoms with Gasteiger partial charge >= 0.3 is 5.97 Å². The maximum atomic E-state index is 12.4. The second kappa shape index (κ2) is 7.44. The quantitative estimate of drug-likeness (QED) is 0.613. The lowest BCUT2D eigenvalue weighted by atomic mass is 10.1. The molecule has 0 aliphatic rings. The summed E-state index contributed by atoms with van der Waals surface area (Å²) >= 11 is 3.29. The smallest absolute Gasteiger partial charge is 0.344 e. The number of ether oxygens (including phenoxy) is 1. The van der Waals surface area contributed by atoms with Gasteiger partial charge in [0.1, 0.15) is 11.3 Å². The molecule has 1 aromatic carbocycles. The second-order valence-electron chi connectivity index (χ2n) is 4.95. The number of carbonyl (C=O) groups is 3. The highest BCUT2D eigenvalue weighted by Gasteiger charge is 2.29. The highest BCUT2D eigenvalue weighted by atomic mass is 79.9. The molecular formula is C17H16BrNO5. The van der Waals surface area contributed by atoms with E-state index in [-0.39, 0.29) is 35.2 Å². The standard InChI is InChI=1S/C17H16BrNO5/c1-4-23-17(22)14-13(9(2)20)10(3)24-16(14)19-15(21)11-7-5-6-8-12(11)18/h5-8H,4H2,1-3H3,(H,19,21). The van der Waals surface area contributed by atoms with Crippen LogP contribution in [0.3, 0.4) is 0 Å². The number of esters is 1. The lowest BCUT2D eigenvalue weighted by molar-refractivity contribution is 0.0524. The number of ketones is 1. The third kappa shape index (κ3) is 3.56. The van der Waals surface area contributed by atoms with E-state index in [1.54, 1.807) is 38.1 Å². The fourth-order valence-corrected chi connectivity index (χ4v) is 2.74. The highest BCUT2D eigenvalue weighted by molar-refractivity contribution is 9.10. The van der Waals surface area contributed by atoms with Gasteiger partial charge < -0.3 is 9.15 Å². The predicted octanol–water partition coefficient (Wildman–Crippen LogP) is 3.98. The first-order chi connectivity index (χ1) is 11.4. The number of halogens is 1. The number of hydrogen-bond donors (Lipinski definition) is 1. The number of amides is 1. The van der Waals surface area contributed by atoms with Gasteiger partial charge in [-0.2, -0.15) is 0 Å². The van der Waals surface area contributed by atoms with Crippen molar-refractivity contribution < 1.29 is 23.5 Å². The first-order valence-corrected chi connectivity index (χ1v) is 8.03. The van der Waals surface area contributed by atoms with Gasteiger partial charge in [-0.05, 0) is 48.8 Å². The Morgan fingerprint density at radius 3 is 2.46 bits per heavy atom. The van der Waals surface area contributed by atoms with Gasteiger partial charge in [-0.25, -0.2) is 4.79 Å². The van der Waals surface area contributed by atoms with Crippen LogP contribution in [0.15, 0.2) is 33.2 Å². The molecule has 0 unspecified atom stereocenters. The molecule has 1 amide bonds. The van der Waals surface area contributed by atoms with Crippen LogP contribution in [0.5, 0.6) is 0 Å². The molecule has 0 atom stereocenters. The van der Waals surface area contributed by atoms with Crippen molar-refractivity contribution in [3.05, 3.63) is 51.2 Å². The maximum Gasteiger partial charge on any atom is 0.344 e. The first kappa shape index (κ1) is 17.9. The lowest BCUT2D eigenvalue weighted by Crippen LogP contribution is -2.16. The lowest BCUT2D eigenvalue weighted by Gasteiger charge is -2.07. The van der Waals surface area contributed by atoms with Crippen LogP contribution in [-0.2, 0) is 4.74 Å². The van der Waals surface area contributed by atoms with E-state index in [0.29, 0.717) is 10.0 Å². The van der Waals surface area contributed by atoms with Gasteiger partial charge in [-0.1, -0.05) is 12.1 Å². The van der Waals surface area contributed by atoms with Gasteiger partial charge in [0.15, 0.2) is 5.78 Å². The number of carbonyl (C=O) groups excluding carboxylic acids is 3. The van der Waals surface area contributed by atoms with Crippen LogP contribution < -0.4 is 5.32 Å². The van der Waals surface area contributed by atoms with Crippen LogP contribution in [0, 0.1) is 6.92 Å². The molecule has 2 rings (SSSR count). The summed E-state index contributed by atoms with van der Waals surface area (Å²) in [6, 6.07) is 6.82. The van der Waals surface area contributed by atoms with E-state index < -0.39 is 11.9 Å². The molecule has 0 radical (unpaired) electrons. The molecule has 0 bridgehead atoms. The van der Waals surface area contributed by atoms with Crippen molar-refractivity contribution in [1.82, 2.24) is 0 Å². The maximum absolute atomic E-state index is 12.4. The molecule has 2 aromatic rings. The molecule has 1 heterocycles. The fraction of sp³-hybridized carbons (Fsp3) is 0.235. The average molecular weight is 394 g/mol. The number of furan rings is 1. The van der Waals surface area contributed by atoms with E-state index in [2.05, 4.69) is 21.2 Å². The van der Waals surface area contributed by atoms with Crippen molar-refractivity contribution >= 4 is 39.5 Å². The number of benzene rings is 1. The first-order valence-electron chi connectivity index (χ1n) is 7.24. The van der Waals surface area contributed by atoms with Gasteiger partial charge in [-0.3, -0.25) is 14.9 Å². The van der Waals surface area contributed by atoms with E-state index >= 15 is 0 Å². The molecule has 7 heteroatoms.